The van der Waals surface area contributed by atoms with E-state index in [2.05, 4.69) is 65.7 Å². The maximum absolute atomic E-state index is 11.3. The van der Waals surface area contributed by atoms with Gasteiger partial charge in [-0.1, -0.05) is 98.1 Å². The summed E-state index contributed by atoms with van der Waals surface area (Å²) in [7, 11) is 0. The number of fused-ring (bicyclic) bond motifs is 1. The summed E-state index contributed by atoms with van der Waals surface area (Å²) in [6, 6.07) is 6.22. The summed E-state index contributed by atoms with van der Waals surface area (Å²) >= 11 is 15.6. The van der Waals surface area contributed by atoms with Crippen molar-refractivity contribution in [3.63, 3.8) is 0 Å². The maximum atomic E-state index is 11.3. The first kappa shape index (κ1) is 72.2. The van der Waals surface area contributed by atoms with Crippen molar-refractivity contribution in [2.45, 2.75) is 146 Å². The van der Waals surface area contributed by atoms with E-state index in [1.54, 1.807) is 13.8 Å². The number of Topliss-reactive ketones (excluding diaryl/α,β-unsaturated/α-hetero) is 2. The van der Waals surface area contributed by atoms with Crippen LogP contribution in [0.1, 0.15) is 157 Å². The number of aromatic nitrogens is 2. The van der Waals surface area contributed by atoms with Crippen LogP contribution in [0.5, 0.6) is 0 Å². The fraction of sp³-hybridized carbons (Fsp3) is 0.578. The number of primary amides is 2. The second-order valence-electron chi connectivity index (χ2n) is 13.4. The number of pyridine rings is 2. The molecule has 10 N–H and O–H groups in total. The van der Waals surface area contributed by atoms with Crippen molar-refractivity contribution in [2.24, 2.45) is 17.2 Å². The molecule has 0 aromatic carbocycles. The van der Waals surface area contributed by atoms with Crippen molar-refractivity contribution in [2.75, 3.05) is 31.4 Å². The Balaban J connectivity index is -0.000000168. The van der Waals surface area contributed by atoms with Gasteiger partial charge >= 0.3 is 29.6 Å². The van der Waals surface area contributed by atoms with E-state index in [0.717, 1.165) is 71.3 Å². The van der Waals surface area contributed by atoms with Crippen LogP contribution in [0.15, 0.2) is 12.1 Å². The quantitative estimate of drug-likeness (QED) is 0.0238. The zero-order valence-corrected chi connectivity index (χ0v) is 44.1. The van der Waals surface area contributed by atoms with Crippen LogP contribution in [0.3, 0.4) is 0 Å². The second kappa shape index (κ2) is 47.6. The fourth-order valence-corrected chi connectivity index (χ4v) is 6.30. The molecule has 14 nitrogen and oxygen atoms in total. The number of halogens is 1. The van der Waals surface area contributed by atoms with E-state index in [-0.39, 0.29) is 85.6 Å². The number of nitrogens with one attached hydrogen (secondary N) is 1. The van der Waals surface area contributed by atoms with Gasteiger partial charge in [0.05, 0.1) is 17.7 Å². The summed E-state index contributed by atoms with van der Waals surface area (Å²) in [4.78, 5) is 54.3. The molecule has 0 fully saturated rings. The number of alkyl halides is 1. The van der Waals surface area contributed by atoms with E-state index in [0.29, 0.717) is 27.2 Å². The number of hydrogen-bond acceptors (Lipinski definition) is 12. The number of aromatic amines is 1. The number of anilines is 1. The molecule has 0 radical (unpaired) electrons. The van der Waals surface area contributed by atoms with Crippen molar-refractivity contribution < 1.29 is 58.9 Å². The number of H-pyrrole nitrogens is 1. The molecular weight excluding hydrogens is 903 g/mol. The Morgan fingerprint density at radius 3 is 1.83 bits per heavy atom. The Kier molecular flexibility index (Phi) is 53.7. The standard InChI is InChI=1S/C14H19N3OS.C12H16N2S.C9H16O2.C3H4N2S.C2H4ClNO.C2H6O.C2H5O.CH4.Na/c1-3-4-5-6-9-7-8(2)10-11(15)12(13(16)18)19-14(10)17-9;1-3-4-5-6-10-7-9(2)11(8-13)12(15)14-10;1-3-4-5-6-9(11)7-8(2)10;1-5-2-3(4)6;3-1-2(4)5;2*1-2-3;;/h7H,3-6,15H2,1-2H3,(H2,16,18);7H,3-6H2,1-2H3,(H,14,15);3-7H2,1-2H3;2H2,(H2,4,6);1H2,(H2,4,5);3H,2H2,1H3;2H2,1H3;1H4;/q;;;;;;-1;;+1. The molecule has 3 aromatic rings. The number of thiocarbonyl (C=S) groups is 1. The van der Waals surface area contributed by atoms with Crippen LogP contribution in [-0.2, 0) is 27.2 Å². The molecule has 0 aliphatic heterocycles. The number of nitriles is 1. The number of aliphatic hydroxyl groups is 1. The molecule has 3 rings (SSSR count). The Hall–Kier alpha value is -3.36. The van der Waals surface area contributed by atoms with Gasteiger partial charge in [-0.05, 0) is 83.1 Å². The first-order valence-corrected chi connectivity index (χ1v) is 22.7. The topological polar surface area (TPSA) is 272 Å². The van der Waals surface area contributed by atoms with Crippen LogP contribution in [0.25, 0.3) is 15.1 Å². The summed E-state index contributed by atoms with van der Waals surface area (Å²) < 4.78 is 0.573. The van der Waals surface area contributed by atoms with Crippen LogP contribution in [0.2, 0.25) is 0 Å². The second-order valence-corrected chi connectivity index (χ2v) is 15.6. The Morgan fingerprint density at radius 2 is 1.45 bits per heavy atom. The molecule has 0 aliphatic carbocycles. The minimum atomic E-state index is -0.480. The van der Waals surface area contributed by atoms with Crippen LogP contribution in [0.4, 0.5) is 5.69 Å². The number of aryl methyl sites for hydroxylation is 4. The minimum absolute atomic E-state index is 0. The molecule has 0 spiro atoms. The van der Waals surface area contributed by atoms with E-state index in [1.807, 2.05) is 19.9 Å². The third-order valence-corrected chi connectivity index (χ3v) is 9.34. The molecule has 0 saturated heterocycles. The van der Waals surface area contributed by atoms with Gasteiger partial charge in [-0.3, -0.25) is 19.2 Å². The van der Waals surface area contributed by atoms with Gasteiger partial charge in [-0.15, -0.1) is 29.5 Å². The minimum Gasteiger partial charge on any atom is -0.855 e. The van der Waals surface area contributed by atoms with Crippen molar-refractivity contribution in [3.8, 4) is 6.07 Å². The number of amides is 2. The number of nitrogens with two attached hydrogens (primary N) is 4. The molecule has 19 heteroatoms. The number of hydrogen-bond donors (Lipinski definition) is 6. The van der Waals surface area contributed by atoms with Gasteiger partial charge in [0.25, 0.3) is 12.5 Å². The molecule has 64 heavy (non-hydrogen) atoms. The van der Waals surface area contributed by atoms with E-state index >= 15 is 0 Å². The summed E-state index contributed by atoms with van der Waals surface area (Å²) in [6.45, 7) is 21.7. The zero-order chi connectivity index (χ0) is 48.6. The number of unbranched alkanes of at least 4 members (excludes halogenated alkanes) is 6. The van der Waals surface area contributed by atoms with Gasteiger partial charge in [-0.25, -0.2) is 11.6 Å². The zero-order valence-electron chi connectivity index (χ0n) is 38.9. The van der Waals surface area contributed by atoms with E-state index in [4.69, 9.17) is 63.1 Å². The fourth-order valence-electron chi connectivity index (χ4n) is 4.86. The van der Waals surface area contributed by atoms with Gasteiger partial charge in [0.15, 0.2) is 4.99 Å². The Bertz CT molecular complexity index is 1910. The Labute approximate surface area is 424 Å². The average Bonchev–Trinajstić information content (AvgIpc) is 3.53. The molecule has 2 amide bonds. The molecule has 0 unspecified atom stereocenters. The predicted molar refractivity (Wildman–Crippen MR) is 267 cm³/mol. The van der Waals surface area contributed by atoms with E-state index < -0.39 is 11.8 Å². The summed E-state index contributed by atoms with van der Waals surface area (Å²) in [5, 5.41) is 26.2. The maximum Gasteiger partial charge on any atom is 1.00 e. The molecule has 0 aliphatic rings. The summed E-state index contributed by atoms with van der Waals surface area (Å²) in [6.07, 6.45) is 13.0. The summed E-state index contributed by atoms with van der Waals surface area (Å²) in [5.41, 5.74) is 26.1. The SMILES string of the molecule is C.CCCCCC(=O)CC(C)=O.CCCCCc1cc(C)c(C#N)c(=S)[nH]1.CCCCCc1cc(C)c2c(N)c(C(N)=O)sc2n1.CCO.CC[O-].NC(=O)CCl.[C-]#[N+]CC(N)=S.[Na+]. The van der Waals surface area contributed by atoms with Crippen LogP contribution < -0.4 is 57.6 Å². The first-order valence-electron chi connectivity index (χ1n) is 20.5. The van der Waals surface area contributed by atoms with E-state index in [1.165, 1.54) is 50.4 Å². The van der Waals surface area contributed by atoms with Gasteiger partial charge in [0, 0.05) is 29.8 Å². The third-order valence-electron chi connectivity index (χ3n) is 7.53. The largest absolute Gasteiger partial charge is 1.00 e. The number of thiophene rings is 1. The summed E-state index contributed by atoms with van der Waals surface area (Å²) in [5.74, 6) is -0.975. The third kappa shape index (κ3) is 39.0. The molecule has 0 atom stereocenters. The first-order chi connectivity index (χ1) is 29.3. The van der Waals surface area contributed by atoms with Crippen molar-refractivity contribution in [1.82, 2.24) is 9.97 Å². The van der Waals surface area contributed by atoms with Gasteiger partial charge < -0.3 is 43.0 Å². The average molecular weight is 978 g/mol. The normalized spacial score (nSPS) is 9.02. The molecule has 3 heterocycles. The monoisotopic (exact) mass is 976 g/mol. The van der Waals surface area contributed by atoms with Crippen LogP contribution in [0, 0.1) is 36.4 Å². The number of aliphatic hydroxyl groups excluding tert-OH is 1. The van der Waals surface area contributed by atoms with Gasteiger partial charge in [0.1, 0.15) is 37.9 Å². The Morgan fingerprint density at radius 1 is 0.969 bits per heavy atom. The molecular formula is C45H74ClN8NaO6S3. The molecule has 0 bridgehead atoms. The number of carbonyl (C=O) groups is 4. The molecule has 0 saturated carbocycles. The molecule has 3 aromatic heterocycles. The number of nitrogen functional groups attached to an aromatic ring is 1. The smallest absolute Gasteiger partial charge is 0.855 e. The predicted octanol–water partition coefficient (Wildman–Crippen LogP) is 5.70. The number of nitrogens with zero attached hydrogens (tertiary/aromatic N) is 3. The van der Waals surface area contributed by atoms with Gasteiger partial charge in [0.2, 0.25) is 5.91 Å². The van der Waals surface area contributed by atoms with Crippen molar-refractivity contribution in [1.29, 1.82) is 5.26 Å². The van der Waals surface area contributed by atoms with Gasteiger partial charge in [-0.2, -0.15) is 5.26 Å². The van der Waals surface area contributed by atoms with Crippen molar-refractivity contribution >= 4 is 91.6 Å². The number of rotatable bonds is 17. The number of ketones is 2. The van der Waals surface area contributed by atoms with Crippen LogP contribution in [-0.4, -0.2) is 69.1 Å². The van der Waals surface area contributed by atoms with Crippen molar-refractivity contribution in [3.05, 3.63) is 61.1 Å². The van der Waals surface area contributed by atoms with Crippen LogP contribution >= 0.6 is 47.4 Å². The molecule has 356 valence electrons. The van der Waals surface area contributed by atoms with E-state index in [9.17, 15) is 19.2 Å². The number of carbonyl (C=O) groups excluding carboxylic acids is 4.